The van der Waals surface area contributed by atoms with E-state index in [2.05, 4.69) is 20.4 Å². The molecule has 1 saturated heterocycles. The molecule has 0 aliphatic carbocycles. The Bertz CT molecular complexity index is 898. The summed E-state index contributed by atoms with van der Waals surface area (Å²) in [6, 6.07) is 1.00. The van der Waals surface area contributed by atoms with Gasteiger partial charge in [0.25, 0.3) is 11.3 Å². The zero-order valence-corrected chi connectivity index (χ0v) is 12.7. The summed E-state index contributed by atoms with van der Waals surface area (Å²) in [7, 11) is -3.04. The molecule has 22 heavy (non-hydrogen) atoms. The minimum Gasteiger partial charge on any atom is -0.352 e. The highest BCUT2D eigenvalue weighted by atomic mass is 32.2. The minimum absolute atomic E-state index is 0.0287. The molecule has 1 aliphatic heterocycles. The molecule has 3 rings (SSSR count). The molecular weight excluding hydrogens is 310 g/mol. The van der Waals surface area contributed by atoms with E-state index in [9.17, 15) is 18.0 Å². The highest BCUT2D eigenvalue weighted by molar-refractivity contribution is 7.91. The van der Waals surface area contributed by atoms with Crippen molar-refractivity contribution in [2.24, 2.45) is 0 Å². The van der Waals surface area contributed by atoms with Crippen molar-refractivity contribution in [1.29, 1.82) is 0 Å². The van der Waals surface area contributed by atoms with E-state index >= 15 is 0 Å². The highest BCUT2D eigenvalue weighted by Gasteiger charge is 2.29. The van der Waals surface area contributed by atoms with E-state index in [1.807, 2.05) is 0 Å². The second kappa shape index (κ2) is 5.20. The van der Waals surface area contributed by atoms with Crippen LogP contribution in [0.15, 0.2) is 10.9 Å². The molecule has 2 N–H and O–H groups in total. The third-order valence-electron chi connectivity index (χ3n) is 3.43. The van der Waals surface area contributed by atoms with Gasteiger partial charge >= 0.3 is 0 Å². The Morgan fingerprint density at radius 3 is 2.95 bits per heavy atom. The summed E-state index contributed by atoms with van der Waals surface area (Å²) >= 11 is 0. The van der Waals surface area contributed by atoms with Crippen LogP contribution in [0.25, 0.3) is 5.78 Å². The van der Waals surface area contributed by atoms with Gasteiger partial charge in [-0.2, -0.15) is 9.50 Å². The summed E-state index contributed by atoms with van der Waals surface area (Å²) < 4.78 is 23.9. The summed E-state index contributed by atoms with van der Waals surface area (Å²) in [5.41, 5.74) is 0.243. The largest absolute Gasteiger partial charge is 0.352 e. The number of nitrogens with one attached hydrogen (secondary N) is 2. The Morgan fingerprint density at radius 2 is 2.27 bits per heavy atom. The topological polar surface area (TPSA) is 126 Å². The van der Waals surface area contributed by atoms with Crippen LogP contribution in [0, 0.1) is 6.92 Å². The molecule has 2 aromatic heterocycles. The SMILES string of the molecule is Cc1cc(=O)n2[nH]c(CC(=O)N[C@@H]3CCS(=O)(=O)C3)nc2n1. The molecule has 0 radical (unpaired) electrons. The number of rotatable bonds is 3. The van der Waals surface area contributed by atoms with Crippen molar-refractivity contribution in [2.75, 3.05) is 11.5 Å². The summed E-state index contributed by atoms with van der Waals surface area (Å²) in [6.45, 7) is 1.68. The zero-order chi connectivity index (χ0) is 15.9. The van der Waals surface area contributed by atoms with E-state index in [-0.39, 0.29) is 41.2 Å². The molecule has 9 nitrogen and oxygen atoms in total. The zero-order valence-electron chi connectivity index (χ0n) is 11.9. The van der Waals surface area contributed by atoms with Crippen molar-refractivity contribution in [2.45, 2.75) is 25.8 Å². The number of aryl methyl sites for hydroxylation is 1. The molecule has 3 heterocycles. The molecule has 0 spiro atoms. The third-order valence-corrected chi connectivity index (χ3v) is 5.20. The monoisotopic (exact) mass is 325 g/mol. The first-order valence-corrected chi connectivity index (χ1v) is 8.60. The van der Waals surface area contributed by atoms with Gasteiger partial charge in [0.15, 0.2) is 9.84 Å². The van der Waals surface area contributed by atoms with Crippen molar-refractivity contribution in [3.63, 3.8) is 0 Å². The minimum atomic E-state index is -3.04. The average Bonchev–Trinajstić information content (AvgIpc) is 2.92. The van der Waals surface area contributed by atoms with Crippen LogP contribution in [-0.2, 0) is 21.1 Å². The van der Waals surface area contributed by atoms with Crippen LogP contribution < -0.4 is 10.9 Å². The van der Waals surface area contributed by atoms with Gasteiger partial charge in [0, 0.05) is 17.8 Å². The summed E-state index contributed by atoms with van der Waals surface area (Å²) in [5.74, 6) is 0.232. The molecule has 0 aromatic carbocycles. The number of carbonyl (C=O) groups is 1. The fraction of sp³-hybridized carbons (Fsp3) is 0.500. The number of nitrogens with zero attached hydrogens (tertiary/aromatic N) is 3. The maximum atomic E-state index is 11.9. The van der Waals surface area contributed by atoms with Crippen LogP contribution in [0.4, 0.5) is 0 Å². The lowest BCUT2D eigenvalue weighted by molar-refractivity contribution is -0.121. The molecule has 118 valence electrons. The fourth-order valence-electron chi connectivity index (χ4n) is 2.46. The molecule has 1 atom stereocenters. The van der Waals surface area contributed by atoms with Gasteiger partial charge in [0.05, 0.1) is 17.9 Å². The average molecular weight is 325 g/mol. The van der Waals surface area contributed by atoms with Gasteiger partial charge in [0.1, 0.15) is 5.82 Å². The van der Waals surface area contributed by atoms with E-state index in [0.29, 0.717) is 17.9 Å². The first-order valence-electron chi connectivity index (χ1n) is 6.77. The Kier molecular flexibility index (Phi) is 3.47. The van der Waals surface area contributed by atoms with Crippen LogP contribution in [0.1, 0.15) is 17.9 Å². The van der Waals surface area contributed by atoms with Gasteiger partial charge in [-0.05, 0) is 13.3 Å². The van der Waals surface area contributed by atoms with E-state index in [1.54, 1.807) is 6.92 Å². The molecule has 1 fully saturated rings. The van der Waals surface area contributed by atoms with E-state index in [1.165, 1.54) is 6.07 Å². The molecule has 0 saturated carbocycles. The first kappa shape index (κ1) is 14.7. The Hall–Kier alpha value is -2.23. The van der Waals surface area contributed by atoms with Gasteiger partial charge in [0.2, 0.25) is 5.91 Å². The normalized spacial score (nSPS) is 20.3. The van der Waals surface area contributed by atoms with E-state index < -0.39 is 9.84 Å². The number of amides is 1. The maximum absolute atomic E-state index is 11.9. The van der Waals surface area contributed by atoms with Gasteiger partial charge in [-0.15, -0.1) is 0 Å². The van der Waals surface area contributed by atoms with Crippen LogP contribution >= 0.6 is 0 Å². The number of aromatic amines is 1. The highest BCUT2D eigenvalue weighted by Crippen LogP contribution is 2.11. The molecule has 1 amide bonds. The summed E-state index contributed by atoms with van der Waals surface area (Å²) in [6.07, 6.45) is 0.354. The second-order valence-corrected chi connectivity index (χ2v) is 7.61. The first-order chi connectivity index (χ1) is 10.3. The molecular formula is C12H15N5O4S. The van der Waals surface area contributed by atoms with E-state index in [4.69, 9.17) is 0 Å². The number of carbonyl (C=O) groups excluding carboxylic acids is 1. The summed E-state index contributed by atoms with van der Waals surface area (Å²) in [5, 5.41) is 5.38. The van der Waals surface area contributed by atoms with Crippen LogP contribution in [0.5, 0.6) is 0 Å². The van der Waals surface area contributed by atoms with Crippen molar-refractivity contribution < 1.29 is 13.2 Å². The Morgan fingerprint density at radius 1 is 1.50 bits per heavy atom. The van der Waals surface area contributed by atoms with Gasteiger partial charge in [-0.1, -0.05) is 0 Å². The molecule has 0 unspecified atom stereocenters. The smallest absolute Gasteiger partial charge is 0.274 e. The molecule has 2 aromatic rings. The van der Waals surface area contributed by atoms with Gasteiger partial charge in [-0.25, -0.2) is 13.4 Å². The summed E-state index contributed by atoms with van der Waals surface area (Å²) in [4.78, 5) is 31.9. The number of fused-ring (bicyclic) bond motifs is 1. The van der Waals surface area contributed by atoms with Crippen LogP contribution in [-0.4, -0.2) is 51.5 Å². The fourth-order valence-corrected chi connectivity index (χ4v) is 4.13. The van der Waals surface area contributed by atoms with Crippen molar-refractivity contribution in [1.82, 2.24) is 24.9 Å². The standard InChI is InChI=1S/C12H15N5O4S/c1-7-4-11(19)17-12(13-7)15-9(16-17)5-10(18)14-8-2-3-22(20,21)6-8/h4,8H,2-3,5-6H2,1H3,(H,14,18)(H,13,15,16)/t8-/m1/s1. The Balaban J connectivity index is 1.72. The van der Waals surface area contributed by atoms with Crippen LogP contribution in [0.2, 0.25) is 0 Å². The number of aromatic nitrogens is 4. The number of hydrogen-bond donors (Lipinski definition) is 2. The predicted molar refractivity (Wildman–Crippen MR) is 77.3 cm³/mol. The molecule has 0 bridgehead atoms. The maximum Gasteiger partial charge on any atom is 0.274 e. The number of sulfone groups is 1. The molecule has 10 heteroatoms. The van der Waals surface area contributed by atoms with Crippen molar-refractivity contribution >= 4 is 21.5 Å². The second-order valence-electron chi connectivity index (χ2n) is 5.39. The Labute approximate surface area is 125 Å². The lowest BCUT2D eigenvalue weighted by atomic mass is 10.2. The van der Waals surface area contributed by atoms with Gasteiger partial charge < -0.3 is 5.32 Å². The van der Waals surface area contributed by atoms with Crippen molar-refractivity contribution in [3.05, 3.63) is 27.9 Å². The lowest BCUT2D eigenvalue weighted by Crippen LogP contribution is -2.36. The van der Waals surface area contributed by atoms with Crippen LogP contribution in [0.3, 0.4) is 0 Å². The third kappa shape index (κ3) is 3.01. The lowest BCUT2D eigenvalue weighted by Gasteiger charge is -2.09. The predicted octanol–water partition coefficient (Wildman–Crippen LogP) is -1.43. The molecule has 1 aliphatic rings. The van der Waals surface area contributed by atoms with E-state index in [0.717, 1.165) is 4.52 Å². The number of H-pyrrole nitrogens is 1. The quantitative estimate of drug-likeness (QED) is 0.712. The van der Waals surface area contributed by atoms with Gasteiger partial charge in [-0.3, -0.25) is 14.7 Å². The van der Waals surface area contributed by atoms with Crippen molar-refractivity contribution in [3.8, 4) is 0 Å². The number of hydrogen-bond acceptors (Lipinski definition) is 6.